The van der Waals surface area contributed by atoms with Gasteiger partial charge in [0.1, 0.15) is 0 Å². The highest BCUT2D eigenvalue weighted by Crippen LogP contribution is 2.23. The molecule has 2 rings (SSSR count). The number of hydrogen-bond donors (Lipinski definition) is 2. The first kappa shape index (κ1) is 16.9. The second-order valence-electron chi connectivity index (χ2n) is 5.08. The Morgan fingerprint density at radius 3 is 2.95 bits per heavy atom. The molecule has 1 aromatic rings. The SMILES string of the molecule is CN1CCOC(CNS(=O)(=O)c2cc(CN)ccc2Br)C1. The van der Waals surface area contributed by atoms with Gasteiger partial charge in [-0.3, -0.25) is 0 Å². The van der Waals surface area contributed by atoms with Crippen LogP contribution in [0.1, 0.15) is 5.56 Å². The van der Waals surface area contributed by atoms with Crippen molar-refractivity contribution in [3.8, 4) is 0 Å². The van der Waals surface area contributed by atoms with E-state index in [2.05, 4.69) is 25.6 Å². The number of hydrogen-bond acceptors (Lipinski definition) is 5. The van der Waals surface area contributed by atoms with Crippen LogP contribution in [0.15, 0.2) is 27.6 Å². The summed E-state index contributed by atoms with van der Waals surface area (Å²) in [6.45, 7) is 2.76. The first-order valence-electron chi connectivity index (χ1n) is 6.70. The smallest absolute Gasteiger partial charge is 0.241 e. The van der Waals surface area contributed by atoms with Crippen LogP contribution in [0.4, 0.5) is 0 Å². The van der Waals surface area contributed by atoms with Crippen LogP contribution < -0.4 is 10.5 Å². The van der Waals surface area contributed by atoms with Gasteiger partial charge >= 0.3 is 0 Å². The number of rotatable bonds is 5. The molecule has 1 aromatic carbocycles. The van der Waals surface area contributed by atoms with Crippen molar-refractivity contribution in [2.45, 2.75) is 17.5 Å². The minimum absolute atomic E-state index is 0.130. The van der Waals surface area contributed by atoms with Crippen molar-refractivity contribution in [3.63, 3.8) is 0 Å². The lowest BCUT2D eigenvalue weighted by molar-refractivity contribution is -0.0156. The second-order valence-corrected chi connectivity index (χ2v) is 7.67. The lowest BCUT2D eigenvalue weighted by Crippen LogP contribution is -2.45. The summed E-state index contributed by atoms with van der Waals surface area (Å²) < 4.78 is 33.5. The van der Waals surface area contributed by atoms with Crippen LogP contribution in [0.3, 0.4) is 0 Å². The third kappa shape index (κ3) is 4.48. The standard InChI is InChI=1S/C13H20BrN3O3S/c1-17-4-5-20-11(9-17)8-16-21(18,19)13-6-10(7-15)2-3-12(13)14/h2-3,6,11,16H,4-5,7-9,15H2,1H3. The quantitative estimate of drug-likeness (QED) is 0.780. The Morgan fingerprint density at radius 2 is 2.29 bits per heavy atom. The van der Waals surface area contributed by atoms with Gasteiger partial charge in [0.15, 0.2) is 0 Å². The first-order chi connectivity index (χ1) is 9.92. The third-order valence-electron chi connectivity index (χ3n) is 3.36. The molecule has 21 heavy (non-hydrogen) atoms. The minimum Gasteiger partial charge on any atom is -0.374 e. The lowest BCUT2D eigenvalue weighted by Gasteiger charge is -2.30. The molecule has 0 saturated carbocycles. The zero-order valence-electron chi connectivity index (χ0n) is 11.9. The van der Waals surface area contributed by atoms with Crippen molar-refractivity contribution >= 4 is 26.0 Å². The number of nitrogens with zero attached hydrogens (tertiary/aromatic N) is 1. The van der Waals surface area contributed by atoms with E-state index in [0.717, 1.165) is 12.1 Å². The molecule has 8 heteroatoms. The van der Waals surface area contributed by atoms with Crippen LogP contribution in [0.25, 0.3) is 0 Å². The van der Waals surface area contributed by atoms with Gasteiger partial charge in [0.05, 0.1) is 17.6 Å². The number of benzene rings is 1. The maximum Gasteiger partial charge on any atom is 0.241 e. The molecule has 1 aliphatic heterocycles. The fraction of sp³-hybridized carbons (Fsp3) is 0.538. The van der Waals surface area contributed by atoms with Gasteiger partial charge < -0.3 is 15.4 Å². The number of sulfonamides is 1. The van der Waals surface area contributed by atoms with Crippen molar-refractivity contribution in [2.24, 2.45) is 5.73 Å². The van der Waals surface area contributed by atoms with Gasteiger partial charge in [0.2, 0.25) is 10.0 Å². The fourth-order valence-electron chi connectivity index (χ4n) is 2.15. The molecule has 1 saturated heterocycles. The van der Waals surface area contributed by atoms with E-state index in [4.69, 9.17) is 10.5 Å². The molecule has 6 nitrogen and oxygen atoms in total. The molecule has 0 radical (unpaired) electrons. The highest BCUT2D eigenvalue weighted by Gasteiger charge is 2.23. The van der Waals surface area contributed by atoms with Crippen LogP contribution in [0, 0.1) is 0 Å². The van der Waals surface area contributed by atoms with E-state index in [1.54, 1.807) is 18.2 Å². The minimum atomic E-state index is -3.59. The van der Waals surface area contributed by atoms with Crippen LogP contribution in [-0.2, 0) is 21.3 Å². The van der Waals surface area contributed by atoms with E-state index in [1.165, 1.54) is 0 Å². The van der Waals surface area contributed by atoms with Crippen LogP contribution in [0.2, 0.25) is 0 Å². The Labute approximate surface area is 133 Å². The van der Waals surface area contributed by atoms with Crippen molar-refractivity contribution < 1.29 is 13.2 Å². The fourth-order valence-corrected chi connectivity index (χ4v) is 4.23. The normalized spacial score (nSPS) is 20.6. The Kier molecular flexibility index (Phi) is 5.75. The van der Waals surface area contributed by atoms with Crippen molar-refractivity contribution in [3.05, 3.63) is 28.2 Å². The van der Waals surface area contributed by atoms with E-state index < -0.39 is 10.0 Å². The molecule has 0 amide bonds. The van der Waals surface area contributed by atoms with E-state index in [9.17, 15) is 8.42 Å². The average Bonchev–Trinajstić information content (AvgIpc) is 2.46. The summed E-state index contributed by atoms with van der Waals surface area (Å²) in [5.41, 5.74) is 6.33. The second kappa shape index (κ2) is 7.17. The summed E-state index contributed by atoms with van der Waals surface area (Å²) in [5, 5.41) is 0. The molecule has 0 aromatic heterocycles. The van der Waals surface area contributed by atoms with E-state index >= 15 is 0 Å². The first-order valence-corrected chi connectivity index (χ1v) is 8.98. The summed E-state index contributed by atoms with van der Waals surface area (Å²) >= 11 is 3.27. The maximum absolute atomic E-state index is 12.4. The monoisotopic (exact) mass is 377 g/mol. The van der Waals surface area contributed by atoms with Crippen LogP contribution >= 0.6 is 15.9 Å². The lowest BCUT2D eigenvalue weighted by atomic mass is 10.2. The molecule has 0 bridgehead atoms. The van der Waals surface area contributed by atoms with Gasteiger partial charge in [0, 0.05) is 30.7 Å². The van der Waals surface area contributed by atoms with Gasteiger partial charge in [-0.15, -0.1) is 0 Å². The number of halogens is 1. The van der Waals surface area contributed by atoms with Gasteiger partial charge in [-0.2, -0.15) is 0 Å². The van der Waals surface area contributed by atoms with Gasteiger partial charge in [-0.25, -0.2) is 13.1 Å². The summed E-state index contributed by atoms with van der Waals surface area (Å²) in [6, 6.07) is 5.07. The van der Waals surface area contributed by atoms with E-state index in [-0.39, 0.29) is 17.5 Å². The Bertz CT molecular complexity index is 594. The molecule has 0 aliphatic carbocycles. The number of nitrogens with one attached hydrogen (secondary N) is 1. The van der Waals surface area contributed by atoms with Crippen LogP contribution in [0.5, 0.6) is 0 Å². The molecule has 1 heterocycles. The largest absolute Gasteiger partial charge is 0.374 e. The third-order valence-corrected chi connectivity index (χ3v) is 5.78. The zero-order chi connectivity index (χ0) is 15.5. The molecule has 3 N–H and O–H groups in total. The number of ether oxygens (including phenoxy) is 1. The van der Waals surface area contributed by atoms with Crippen molar-refractivity contribution in [1.82, 2.24) is 9.62 Å². The molecule has 1 aliphatic rings. The number of morpholine rings is 1. The average molecular weight is 378 g/mol. The topological polar surface area (TPSA) is 84.7 Å². The molecular formula is C13H20BrN3O3S. The summed E-state index contributed by atoms with van der Waals surface area (Å²) in [4.78, 5) is 2.32. The summed E-state index contributed by atoms with van der Waals surface area (Å²) in [5.74, 6) is 0. The van der Waals surface area contributed by atoms with Crippen molar-refractivity contribution in [1.29, 1.82) is 0 Å². The zero-order valence-corrected chi connectivity index (χ0v) is 14.3. The summed E-state index contributed by atoms with van der Waals surface area (Å²) in [7, 11) is -1.60. The van der Waals surface area contributed by atoms with Gasteiger partial charge in [-0.1, -0.05) is 6.07 Å². The predicted molar refractivity (Wildman–Crippen MR) is 84.5 cm³/mol. The number of nitrogens with two attached hydrogens (primary N) is 1. The summed E-state index contributed by atoms with van der Waals surface area (Å²) in [6.07, 6.45) is -0.130. The highest BCUT2D eigenvalue weighted by atomic mass is 79.9. The molecule has 0 spiro atoms. The number of likely N-dealkylation sites (N-methyl/N-ethyl adjacent to an activating group) is 1. The molecule has 118 valence electrons. The van der Waals surface area contributed by atoms with Crippen molar-refractivity contribution in [2.75, 3.05) is 33.3 Å². The molecule has 1 atom stereocenters. The Balaban J connectivity index is 2.08. The van der Waals surface area contributed by atoms with Gasteiger partial charge in [-0.05, 0) is 40.7 Å². The molecule has 1 unspecified atom stereocenters. The maximum atomic E-state index is 12.4. The Morgan fingerprint density at radius 1 is 1.52 bits per heavy atom. The Hall–Kier alpha value is -0.510. The molecule has 1 fully saturated rings. The van der Waals surface area contributed by atoms with E-state index in [1.807, 2.05) is 7.05 Å². The van der Waals surface area contributed by atoms with Crippen LogP contribution in [-0.4, -0.2) is 52.7 Å². The predicted octanol–water partition coefficient (Wildman–Crippen LogP) is 0.517. The molecular weight excluding hydrogens is 358 g/mol. The highest BCUT2D eigenvalue weighted by molar-refractivity contribution is 9.10. The van der Waals surface area contributed by atoms with E-state index in [0.29, 0.717) is 24.2 Å². The van der Waals surface area contributed by atoms with Gasteiger partial charge in [0.25, 0.3) is 0 Å².